The summed E-state index contributed by atoms with van der Waals surface area (Å²) in [5.41, 5.74) is 5.51. The van der Waals surface area contributed by atoms with Crippen molar-refractivity contribution >= 4 is 17.2 Å². The lowest BCUT2D eigenvalue weighted by Gasteiger charge is -2.18. The normalized spacial score (nSPS) is 18.7. The highest BCUT2D eigenvalue weighted by Gasteiger charge is 2.33. The van der Waals surface area contributed by atoms with Crippen molar-refractivity contribution in [2.24, 2.45) is 7.05 Å². The number of aryl methyl sites for hydroxylation is 2. The van der Waals surface area contributed by atoms with Crippen LogP contribution >= 0.6 is 11.3 Å². The van der Waals surface area contributed by atoms with Crippen LogP contribution in [-0.4, -0.2) is 33.7 Å². The molecule has 2 aromatic heterocycles. The summed E-state index contributed by atoms with van der Waals surface area (Å²) in [6, 6.07) is 12.7. The number of carbonyl (C=O) groups is 1. The van der Waals surface area contributed by atoms with E-state index in [0.717, 1.165) is 43.6 Å². The smallest absolute Gasteiger partial charge is 0.274 e. The van der Waals surface area contributed by atoms with E-state index in [0.29, 0.717) is 11.6 Å². The number of hydrogen-bond donors (Lipinski definition) is 0. The Morgan fingerprint density at radius 1 is 1.19 bits per heavy atom. The Morgan fingerprint density at radius 2 is 2.04 bits per heavy atom. The maximum atomic E-state index is 13.2. The monoisotopic (exact) mass is 363 g/mol. The lowest BCUT2D eigenvalue weighted by Crippen LogP contribution is -2.29. The number of benzene rings is 1. The zero-order chi connectivity index (χ0) is 17.7. The summed E-state index contributed by atoms with van der Waals surface area (Å²) in [5.74, 6) is 0.530. The van der Waals surface area contributed by atoms with Gasteiger partial charge in [0.25, 0.3) is 5.91 Å². The van der Waals surface area contributed by atoms with Gasteiger partial charge >= 0.3 is 0 Å². The van der Waals surface area contributed by atoms with Crippen LogP contribution in [0.4, 0.5) is 0 Å². The van der Waals surface area contributed by atoms with Crippen LogP contribution < -0.4 is 0 Å². The van der Waals surface area contributed by atoms with Gasteiger partial charge in [-0.3, -0.25) is 9.48 Å². The predicted octanol–water partition coefficient (Wildman–Crippen LogP) is 3.88. The van der Waals surface area contributed by atoms with Crippen LogP contribution in [0.15, 0.2) is 41.8 Å². The maximum absolute atomic E-state index is 13.2. The number of aromatic nitrogens is 2. The predicted molar refractivity (Wildman–Crippen MR) is 104 cm³/mol. The van der Waals surface area contributed by atoms with Gasteiger partial charge in [0.2, 0.25) is 0 Å². The Bertz CT molecular complexity index is 973. The molecule has 1 aliphatic heterocycles. The van der Waals surface area contributed by atoms with Crippen LogP contribution in [-0.2, 0) is 19.9 Å². The van der Waals surface area contributed by atoms with Gasteiger partial charge in [-0.1, -0.05) is 30.3 Å². The second kappa shape index (κ2) is 6.09. The molecule has 0 spiro atoms. The van der Waals surface area contributed by atoms with E-state index in [9.17, 15) is 4.79 Å². The van der Waals surface area contributed by atoms with Crippen molar-refractivity contribution in [3.63, 3.8) is 0 Å². The number of carbonyl (C=O) groups excluding carboxylic acids is 1. The molecule has 1 aromatic carbocycles. The molecule has 5 rings (SSSR count). The molecule has 1 amide bonds. The van der Waals surface area contributed by atoms with Crippen molar-refractivity contribution < 1.29 is 4.79 Å². The molecule has 4 nitrogen and oxygen atoms in total. The maximum Gasteiger partial charge on any atom is 0.274 e. The minimum Gasteiger partial charge on any atom is -0.337 e. The lowest BCUT2D eigenvalue weighted by molar-refractivity contribution is 0.0783. The van der Waals surface area contributed by atoms with E-state index in [4.69, 9.17) is 0 Å². The molecule has 3 aromatic rings. The van der Waals surface area contributed by atoms with Crippen molar-refractivity contribution in [3.05, 3.63) is 63.5 Å². The minimum absolute atomic E-state index is 0.0963. The summed E-state index contributed by atoms with van der Waals surface area (Å²) >= 11 is 1.80. The number of likely N-dealkylation sites (tertiary alicyclic amines) is 1. The third-order valence-electron chi connectivity index (χ3n) is 5.70. The molecule has 1 saturated heterocycles. The van der Waals surface area contributed by atoms with E-state index in [1.807, 2.05) is 22.7 Å². The van der Waals surface area contributed by atoms with Crippen LogP contribution in [0.5, 0.6) is 0 Å². The lowest BCUT2D eigenvalue weighted by atomic mass is 9.94. The molecule has 0 N–H and O–H groups in total. The fourth-order valence-electron chi connectivity index (χ4n) is 4.39. The first-order chi connectivity index (χ1) is 12.7. The van der Waals surface area contributed by atoms with Crippen molar-refractivity contribution in [2.75, 3.05) is 13.1 Å². The molecule has 1 aliphatic carbocycles. The van der Waals surface area contributed by atoms with Crippen molar-refractivity contribution in [1.29, 1.82) is 0 Å². The van der Waals surface area contributed by atoms with Gasteiger partial charge in [-0.25, -0.2) is 0 Å². The standard InChI is InChI=1S/C21H21N3OS/c1-23-20-16-10-12-26-18(16)8-7-17(20)19(22-23)21(25)24-11-9-15(13-24)14-5-3-2-4-6-14/h2-6,10,12,15H,7-9,11,13H2,1H3. The molecule has 5 heteroatoms. The van der Waals surface area contributed by atoms with Crippen molar-refractivity contribution in [1.82, 2.24) is 14.7 Å². The summed E-state index contributed by atoms with van der Waals surface area (Å²) in [5, 5.41) is 6.78. The van der Waals surface area contributed by atoms with E-state index < -0.39 is 0 Å². The van der Waals surface area contributed by atoms with E-state index in [1.165, 1.54) is 16.0 Å². The Hall–Kier alpha value is -2.40. The number of amides is 1. The molecule has 2 aliphatic rings. The van der Waals surface area contributed by atoms with Gasteiger partial charge < -0.3 is 4.90 Å². The average molecular weight is 363 g/mol. The second-order valence-electron chi connectivity index (χ2n) is 7.20. The van der Waals surface area contributed by atoms with E-state index >= 15 is 0 Å². The first kappa shape index (κ1) is 15.8. The van der Waals surface area contributed by atoms with E-state index in [-0.39, 0.29) is 5.91 Å². The largest absolute Gasteiger partial charge is 0.337 e. The van der Waals surface area contributed by atoms with E-state index in [1.54, 1.807) is 11.3 Å². The molecule has 3 heterocycles. The van der Waals surface area contributed by atoms with Gasteiger partial charge in [0.1, 0.15) is 0 Å². The van der Waals surface area contributed by atoms with Gasteiger partial charge in [-0.05, 0) is 36.3 Å². The summed E-state index contributed by atoms with van der Waals surface area (Å²) in [6.45, 7) is 1.60. The Balaban J connectivity index is 1.44. The highest BCUT2D eigenvalue weighted by molar-refractivity contribution is 7.10. The van der Waals surface area contributed by atoms with Crippen LogP contribution in [0.1, 0.15) is 38.8 Å². The summed E-state index contributed by atoms with van der Waals surface area (Å²) < 4.78 is 1.90. The number of thiophene rings is 1. The molecule has 1 unspecified atom stereocenters. The molecule has 132 valence electrons. The molecule has 0 bridgehead atoms. The van der Waals surface area contributed by atoms with Gasteiger partial charge in [0.15, 0.2) is 5.69 Å². The van der Waals surface area contributed by atoms with Crippen LogP contribution in [0.25, 0.3) is 11.3 Å². The zero-order valence-electron chi connectivity index (χ0n) is 14.8. The fourth-order valence-corrected chi connectivity index (χ4v) is 5.27. The van der Waals surface area contributed by atoms with Crippen LogP contribution in [0.3, 0.4) is 0 Å². The number of fused-ring (bicyclic) bond motifs is 3. The van der Waals surface area contributed by atoms with Gasteiger partial charge in [0.05, 0.1) is 5.69 Å². The van der Waals surface area contributed by atoms with Gasteiger partial charge in [0, 0.05) is 42.1 Å². The SMILES string of the molecule is Cn1nc(C(=O)N2CCC(c3ccccc3)C2)c2c1-c1ccsc1CC2. The molecule has 1 fully saturated rings. The Kier molecular flexibility index (Phi) is 3.71. The highest BCUT2D eigenvalue weighted by atomic mass is 32.1. The van der Waals surface area contributed by atoms with Crippen molar-refractivity contribution in [3.8, 4) is 11.3 Å². The number of nitrogens with zero attached hydrogens (tertiary/aromatic N) is 3. The summed E-state index contributed by atoms with van der Waals surface area (Å²) in [7, 11) is 1.96. The Labute approximate surface area is 157 Å². The first-order valence-corrected chi connectivity index (χ1v) is 10.1. The summed E-state index contributed by atoms with van der Waals surface area (Å²) in [6.07, 6.45) is 2.95. The highest BCUT2D eigenvalue weighted by Crippen LogP contribution is 2.38. The topological polar surface area (TPSA) is 38.1 Å². The minimum atomic E-state index is 0.0963. The zero-order valence-corrected chi connectivity index (χ0v) is 15.6. The quantitative estimate of drug-likeness (QED) is 0.693. The number of hydrogen-bond acceptors (Lipinski definition) is 3. The van der Waals surface area contributed by atoms with Gasteiger partial charge in [-0.2, -0.15) is 5.10 Å². The third-order valence-corrected chi connectivity index (χ3v) is 6.68. The van der Waals surface area contributed by atoms with E-state index in [2.05, 4.69) is 40.8 Å². The molecule has 26 heavy (non-hydrogen) atoms. The van der Waals surface area contributed by atoms with Crippen molar-refractivity contribution in [2.45, 2.75) is 25.2 Å². The van der Waals surface area contributed by atoms with Gasteiger partial charge in [-0.15, -0.1) is 11.3 Å². The van der Waals surface area contributed by atoms with Crippen LogP contribution in [0, 0.1) is 0 Å². The second-order valence-corrected chi connectivity index (χ2v) is 8.20. The molecular formula is C21H21N3OS. The number of rotatable bonds is 2. The molecule has 0 saturated carbocycles. The van der Waals surface area contributed by atoms with Crippen LogP contribution in [0.2, 0.25) is 0 Å². The first-order valence-electron chi connectivity index (χ1n) is 9.19. The Morgan fingerprint density at radius 3 is 2.88 bits per heavy atom. The summed E-state index contributed by atoms with van der Waals surface area (Å²) in [4.78, 5) is 16.6. The molecule has 1 atom stereocenters. The average Bonchev–Trinajstić information content (AvgIpc) is 3.40. The third kappa shape index (κ3) is 2.42. The molecule has 0 radical (unpaired) electrons. The molecular weight excluding hydrogens is 342 g/mol. The fraction of sp³-hybridized carbons (Fsp3) is 0.333.